The van der Waals surface area contributed by atoms with Crippen molar-refractivity contribution in [3.05, 3.63) is 93.3 Å². The predicted molar refractivity (Wildman–Crippen MR) is 122 cm³/mol. The van der Waals surface area contributed by atoms with Gasteiger partial charge in [-0.05, 0) is 44.5 Å². The summed E-state index contributed by atoms with van der Waals surface area (Å²) in [6.45, 7) is 5.95. The third-order valence-electron chi connectivity index (χ3n) is 5.18. The highest BCUT2D eigenvalue weighted by Crippen LogP contribution is 2.23. The van der Waals surface area contributed by atoms with Crippen molar-refractivity contribution in [1.29, 1.82) is 0 Å². The molecule has 0 atom stereocenters. The maximum atomic E-state index is 14.0. The molecule has 0 saturated carbocycles. The molecule has 7 nitrogen and oxygen atoms in total. The van der Waals surface area contributed by atoms with E-state index < -0.39 is 11.7 Å². The molecule has 1 amide bonds. The molecule has 0 fully saturated rings. The summed E-state index contributed by atoms with van der Waals surface area (Å²) in [5.41, 5.74) is 3.56. The summed E-state index contributed by atoms with van der Waals surface area (Å²) < 4.78 is 26.7. The van der Waals surface area contributed by atoms with Gasteiger partial charge < -0.3 is 14.6 Å². The van der Waals surface area contributed by atoms with Crippen LogP contribution in [0.25, 0.3) is 0 Å². The number of nitrogens with one attached hydrogen (secondary N) is 1. The van der Waals surface area contributed by atoms with E-state index in [9.17, 15) is 9.18 Å². The molecule has 2 heterocycles. The van der Waals surface area contributed by atoms with Gasteiger partial charge in [-0.25, -0.2) is 4.39 Å². The van der Waals surface area contributed by atoms with Crippen LogP contribution < -0.4 is 10.1 Å². The van der Waals surface area contributed by atoms with E-state index in [1.165, 1.54) is 23.0 Å². The smallest absolute Gasteiger partial charge is 0.278 e. The van der Waals surface area contributed by atoms with Gasteiger partial charge in [0.05, 0.1) is 24.0 Å². The molecule has 0 saturated heterocycles. The molecule has 0 unspecified atom stereocenters. The molecule has 33 heavy (non-hydrogen) atoms. The Hall–Kier alpha value is -3.65. The van der Waals surface area contributed by atoms with E-state index in [0.29, 0.717) is 27.6 Å². The monoisotopic (exact) mass is 468 g/mol. The van der Waals surface area contributed by atoms with Crippen molar-refractivity contribution in [2.45, 2.75) is 33.9 Å². The molecule has 4 aromatic rings. The summed E-state index contributed by atoms with van der Waals surface area (Å²) in [4.78, 5) is 12.8. The van der Waals surface area contributed by atoms with Crippen molar-refractivity contribution in [2.24, 2.45) is 0 Å². The van der Waals surface area contributed by atoms with Crippen LogP contribution in [-0.4, -0.2) is 20.8 Å². The van der Waals surface area contributed by atoms with Gasteiger partial charge in [-0.15, -0.1) is 0 Å². The van der Waals surface area contributed by atoms with Crippen molar-refractivity contribution >= 4 is 23.2 Å². The summed E-state index contributed by atoms with van der Waals surface area (Å²) in [5.74, 6) is 0.333. The normalized spacial score (nSPS) is 10.9. The minimum atomic E-state index is -0.463. The second kappa shape index (κ2) is 9.46. The van der Waals surface area contributed by atoms with Crippen LogP contribution in [0.3, 0.4) is 0 Å². The van der Waals surface area contributed by atoms with Gasteiger partial charge in [0.1, 0.15) is 23.9 Å². The van der Waals surface area contributed by atoms with Crippen molar-refractivity contribution < 1.29 is 18.4 Å². The molecule has 2 aromatic heterocycles. The number of ether oxygens (including phenoxy) is 1. The van der Waals surface area contributed by atoms with Gasteiger partial charge in [-0.1, -0.05) is 40.5 Å². The van der Waals surface area contributed by atoms with Crippen LogP contribution >= 0.6 is 11.6 Å². The number of hydrogen-bond acceptors (Lipinski definition) is 5. The minimum Gasteiger partial charge on any atom is -0.488 e. The first-order valence-corrected chi connectivity index (χ1v) is 10.6. The third-order valence-corrected chi connectivity index (χ3v) is 5.53. The Balaban J connectivity index is 1.45. The zero-order valence-electron chi connectivity index (χ0n) is 18.4. The maximum absolute atomic E-state index is 14.0. The van der Waals surface area contributed by atoms with Crippen LogP contribution in [0.5, 0.6) is 5.75 Å². The average Bonchev–Trinajstić information content (AvgIpc) is 3.36. The summed E-state index contributed by atoms with van der Waals surface area (Å²) in [6, 6.07) is 10.4. The van der Waals surface area contributed by atoms with Crippen molar-refractivity contribution in [3.63, 3.8) is 0 Å². The minimum absolute atomic E-state index is 0.124. The first kappa shape index (κ1) is 22.5. The molecule has 2 aromatic carbocycles. The van der Waals surface area contributed by atoms with Gasteiger partial charge in [0, 0.05) is 16.8 Å². The third kappa shape index (κ3) is 5.06. The molecule has 1 N–H and O–H groups in total. The molecule has 0 aliphatic rings. The number of carbonyl (C=O) groups is 1. The first-order chi connectivity index (χ1) is 15.8. The summed E-state index contributed by atoms with van der Waals surface area (Å²) in [5, 5.41) is 11.1. The first-order valence-electron chi connectivity index (χ1n) is 10.2. The Bertz CT molecular complexity index is 1290. The average molecular weight is 469 g/mol. The number of halogens is 2. The van der Waals surface area contributed by atoms with Gasteiger partial charge >= 0.3 is 0 Å². The molecular weight excluding hydrogens is 447 g/mol. The number of benzene rings is 2. The fourth-order valence-electron chi connectivity index (χ4n) is 3.40. The Morgan fingerprint density at radius 2 is 2.03 bits per heavy atom. The van der Waals surface area contributed by atoms with E-state index in [4.69, 9.17) is 20.9 Å². The van der Waals surface area contributed by atoms with Crippen molar-refractivity contribution in [3.8, 4) is 5.75 Å². The van der Waals surface area contributed by atoms with Crippen LogP contribution in [-0.2, 0) is 13.2 Å². The summed E-state index contributed by atoms with van der Waals surface area (Å²) in [7, 11) is 0. The van der Waals surface area contributed by atoms with Crippen LogP contribution in [0.1, 0.15) is 38.5 Å². The molecule has 0 bridgehead atoms. The highest BCUT2D eigenvalue weighted by molar-refractivity contribution is 6.31. The summed E-state index contributed by atoms with van der Waals surface area (Å²) >= 11 is 6.08. The number of nitrogens with zero attached hydrogens (tertiary/aromatic N) is 3. The molecular formula is C24H22ClFN4O3. The summed E-state index contributed by atoms with van der Waals surface area (Å²) in [6.07, 6.45) is 3.05. The van der Waals surface area contributed by atoms with Gasteiger partial charge in [-0.2, -0.15) is 5.10 Å². The number of amides is 1. The van der Waals surface area contributed by atoms with E-state index in [-0.39, 0.29) is 18.8 Å². The lowest BCUT2D eigenvalue weighted by Gasteiger charge is -2.10. The maximum Gasteiger partial charge on any atom is 0.278 e. The standard InChI is InChI=1S/C24H22ClFN4O3/c1-14-7-8-22(15(2)9-14)32-13-19-16(3)33-29-23(19)24(31)28-17-10-27-30(11-17)12-18-20(25)5-4-6-21(18)26/h4-11H,12-13H2,1-3H3,(H,28,31). The lowest BCUT2D eigenvalue weighted by Crippen LogP contribution is -2.15. The second-order valence-corrected chi connectivity index (χ2v) is 8.11. The Labute approximate surface area is 195 Å². The Morgan fingerprint density at radius 3 is 2.79 bits per heavy atom. The lowest BCUT2D eigenvalue weighted by molar-refractivity contribution is 0.101. The quantitative estimate of drug-likeness (QED) is 0.389. The zero-order valence-corrected chi connectivity index (χ0v) is 19.1. The number of anilines is 1. The van der Waals surface area contributed by atoms with Crippen molar-refractivity contribution in [1.82, 2.24) is 14.9 Å². The molecule has 0 spiro atoms. The predicted octanol–water partition coefficient (Wildman–Crippen LogP) is 5.47. The highest BCUT2D eigenvalue weighted by Gasteiger charge is 2.21. The second-order valence-electron chi connectivity index (χ2n) is 7.70. The molecule has 0 aliphatic heterocycles. The zero-order chi connectivity index (χ0) is 23.5. The Morgan fingerprint density at radius 1 is 1.21 bits per heavy atom. The number of hydrogen-bond donors (Lipinski definition) is 1. The van der Waals surface area contributed by atoms with Gasteiger partial charge in [0.25, 0.3) is 5.91 Å². The van der Waals surface area contributed by atoms with E-state index in [0.717, 1.165) is 16.9 Å². The SMILES string of the molecule is Cc1ccc(OCc2c(C(=O)Nc3cnn(Cc4c(F)cccc4Cl)c3)noc2C)c(C)c1. The topological polar surface area (TPSA) is 82.2 Å². The van der Waals surface area contributed by atoms with E-state index in [1.807, 2.05) is 32.0 Å². The highest BCUT2D eigenvalue weighted by atomic mass is 35.5. The van der Waals surface area contributed by atoms with Gasteiger partial charge in [0.15, 0.2) is 5.69 Å². The largest absolute Gasteiger partial charge is 0.488 e. The van der Waals surface area contributed by atoms with E-state index >= 15 is 0 Å². The van der Waals surface area contributed by atoms with E-state index in [1.54, 1.807) is 19.2 Å². The number of aromatic nitrogens is 3. The van der Waals surface area contributed by atoms with Gasteiger partial charge in [0.2, 0.25) is 0 Å². The van der Waals surface area contributed by atoms with Crippen molar-refractivity contribution in [2.75, 3.05) is 5.32 Å². The molecule has 4 rings (SSSR count). The fourth-order valence-corrected chi connectivity index (χ4v) is 3.62. The fraction of sp³-hybridized carbons (Fsp3) is 0.208. The van der Waals surface area contributed by atoms with Crippen LogP contribution in [0.15, 0.2) is 53.3 Å². The number of rotatable bonds is 7. The van der Waals surface area contributed by atoms with Crippen LogP contribution in [0.4, 0.5) is 10.1 Å². The van der Waals surface area contributed by atoms with E-state index in [2.05, 4.69) is 15.6 Å². The van der Waals surface area contributed by atoms with Crippen LogP contribution in [0, 0.1) is 26.6 Å². The molecule has 9 heteroatoms. The lowest BCUT2D eigenvalue weighted by atomic mass is 10.1. The molecule has 0 radical (unpaired) electrons. The molecule has 0 aliphatic carbocycles. The molecule has 170 valence electrons. The van der Waals surface area contributed by atoms with Crippen LogP contribution in [0.2, 0.25) is 5.02 Å². The van der Waals surface area contributed by atoms with Gasteiger partial charge in [-0.3, -0.25) is 9.48 Å². The number of carbonyl (C=O) groups excluding carboxylic acids is 1. The number of aryl methyl sites for hydroxylation is 3. The Kier molecular flexibility index (Phi) is 6.46.